The molecule has 2 N–H and O–H groups in total. The van der Waals surface area contributed by atoms with Gasteiger partial charge in [0, 0.05) is 42.2 Å². The number of rotatable bonds is 4. The van der Waals surface area contributed by atoms with Crippen LogP contribution in [0.2, 0.25) is 0 Å². The molecule has 1 atom stereocenters. The Morgan fingerprint density at radius 2 is 2.16 bits per heavy atom. The Hall–Kier alpha value is -1.39. The first-order valence-electron chi connectivity index (χ1n) is 6.23. The van der Waals surface area contributed by atoms with Crippen molar-refractivity contribution < 1.29 is 0 Å². The number of pyridine rings is 1. The van der Waals surface area contributed by atoms with E-state index in [2.05, 4.69) is 57.1 Å². The molecule has 0 amide bonds. The summed E-state index contributed by atoms with van der Waals surface area (Å²) >= 11 is 3.58. The predicted octanol–water partition coefficient (Wildman–Crippen LogP) is 3.50. The molecule has 3 nitrogen and oxygen atoms in total. The largest absolute Gasteiger partial charge is 0.370 e. The highest BCUT2D eigenvalue weighted by Crippen LogP contribution is 2.27. The molecule has 4 heteroatoms. The molecular formula is C15H18BrN3. The summed E-state index contributed by atoms with van der Waals surface area (Å²) in [6, 6.07) is 10.3. The maximum atomic E-state index is 5.91. The van der Waals surface area contributed by atoms with Gasteiger partial charge in [0.1, 0.15) is 0 Å². The Bertz CT molecular complexity index is 540. The van der Waals surface area contributed by atoms with Gasteiger partial charge in [-0.25, -0.2) is 0 Å². The average molecular weight is 320 g/mol. The van der Waals surface area contributed by atoms with Crippen LogP contribution in [0.3, 0.4) is 0 Å². The lowest BCUT2D eigenvalue weighted by atomic mass is 10.1. The van der Waals surface area contributed by atoms with E-state index in [9.17, 15) is 0 Å². The minimum atomic E-state index is 0.0343. The van der Waals surface area contributed by atoms with Crippen molar-refractivity contribution in [3.05, 3.63) is 58.3 Å². The molecule has 0 radical (unpaired) electrons. The van der Waals surface area contributed by atoms with Gasteiger partial charge in [-0.2, -0.15) is 0 Å². The average Bonchev–Trinajstić information content (AvgIpc) is 2.39. The molecule has 0 fully saturated rings. The molecular weight excluding hydrogens is 302 g/mol. The van der Waals surface area contributed by atoms with Crippen LogP contribution >= 0.6 is 15.9 Å². The topological polar surface area (TPSA) is 42.1 Å². The minimum Gasteiger partial charge on any atom is -0.370 e. The predicted molar refractivity (Wildman–Crippen MR) is 83.1 cm³/mol. The van der Waals surface area contributed by atoms with Crippen LogP contribution < -0.4 is 10.6 Å². The zero-order chi connectivity index (χ0) is 13.8. The number of benzene rings is 1. The molecule has 0 saturated carbocycles. The third-order valence-corrected chi connectivity index (χ3v) is 3.74. The SMILES string of the molecule is C[C@@H](N)c1ccc(N(C)Cc2cccnc2)cc1Br. The number of halogens is 1. The molecule has 100 valence electrons. The van der Waals surface area contributed by atoms with Crippen LogP contribution in [-0.2, 0) is 6.54 Å². The highest BCUT2D eigenvalue weighted by Gasteiger charge is 2.08. The van der Waals surface area contributed by atoms with E-state index in [4.69, 9.17) is 5.73 Å². The Kier molecular flexibility index (Phi) is 4.56. The summed E-state index contributed by atoms with van der Waals surface area (Å²) in [5, 5.41) is 0. The van der Waals surface area contributed by atoms with Gasteiger partial charge in [0.25, 0.3) is 0 Å². The van der Waals surface area contributed by atoms with E-state index in [0.717, 1.165) is 22.3 Å². The van der Waals surface area contributed by atoms with E-state index in [1.807, 2.05) is 19.2 Å². The summed E-state index contributed by atoms with van der Waals surface area (Å²) in [6.45, 7) is 2.82. The molecule has 2 aromatic rings. The second-order valence-electron chi connectivity index (χ2n) is 4.71. The number of aromatic nitrogens is 1. The summed E-state index contributed by atoms with van der Waals surface area (Å²) in [4.78, 5) is 6.32. The minimum absolute atomic E-state index is 0.0343. The number of nitrogens with zero attached hydrogens (tertiary/aromatic N) is 2. The summed E-state index contributed by atoms with van der Waals surface area (Å²) in [6.07, 6.45) is 3.68. The van der Waals surface area contributed by atoms with Gasteiger partial charge in [0.15, 0.2) is 0 Å². The quantitative estimate of drug-likeness (QED) is 0.937. The van der Waals surface area contributed by atoms with Crippen molar-refractivity contribution >= 4 is 21.6 Å². The van der Waals surface area contributed by atoms with Crippen molar-refractivity contribution in [2.75, 3.05) is 11.9 Å². The molecule has 0 spiro atoms. The molecule has 1 heterocycles. The Morgan fingerprint density at radius 3 is 2.74 bits per heavy atom. The van der Waals surface area contributed by atoms with Gasteiger partial charge in [-0.15, -0.1) is 0 Å². The Balaban J connectivity index is 2.16. The fraction of sp³-hybridized carbons (Fsp3) is 0.267. The number of hydrogen-bond acceptors (Lipinski definition) is 3. The van der Waals surface area contributed by atoms with Crippen LogP contribution in [0.1, 0.15) is 24.1 Å². The molecule has 1 aromatic carbocycles. The lowest BCUT2D eigenvalue weighted by Gasteiger charge is -2.21. The van der Waals surface area contributed by atoms with E-state index < -0.39 is 0 Å². The first-order chi connectivity index (χ1) is 9.08. The maximum Gasteiger partial charge on any atom is 0.0441 e. The molecule has 0 unspecified atom stereocenters. The molecule has 0 aliphatic carbocycles. The van der Waals surface area contributed by atoms with Crippen LogP contribution in [-0.4, -0.2) is 12.0 Å². The number of nitrogens with two attached hydrogens (primary N) is 1. The van der Waals surface area contributed by atoms with Gasteiger partial charge in [-0.05, 0) is 36.2 Å². The van der Waals surface area contributed by atoms with Gasteiger partial charge in [-0.3, -0.25) is 4.98 Å². The number of hydrogen-bond donors (Lipinski definition) is 1. The third-order valence-electron chi connectivity index (χ3n) is 3.06. The molecule has 1 aromatic heterocycles. The molecule has 0 bridgehead atoms. The third kappa shape index (κ3) is 3.55. The van der Waals surface area contributed by atoms with E-state index in [-0.39, 0.29) is 6.04 Å². The molecule has 2 rings (SSSR count). The van der Waals surface area contributed by atoms with Crippen LogP contribution in [0.25, 0.3) is 0 Å². The maximum absolute atomic E-state index is 5.91. The van der Waals surface area contributed by atoms with Gasteiger partial charge in [-0.1, -0.05) is 28.1 Å². The molecule has 0 saturated heterocycles. The van der Waals surface area contributed by atoms with E-state index in [1.165, 1.54) is 5.56 Å². The summed E-state index contributed by atoms with van der Waals surface area (Å²) in [5.41, 5.74) is 9.38. The van der Waals surface area contributed by atoms with Gasteiger partial charge in [0.05, 0.1) is 0 Å². The lowest BCUT2D eigenvalue weighted by Crippen LogP contribution is -2.17. The van der Waals surface area contributed by atoms with Crippen molar-refractivity contribution in [2.24, 2.45) is 5.73 Å². The van der Waals surface area contributed by atoms with Gasteiger partial charge in [0.2, 0.25) is 0 Å². The van der Waals surface area contributed by atoms with Crippen LogP contribution in [0.15, 0.2) is 47.2 Å². The van der Waals surface area contributed by atoms with Crippen LogP contribution in [0.5, 0.6) is 0 Å². The van der Waals surface area contributed by atoms with Crippen molar-refractivity contribution in [3.8, 4) is 0 Å². The Morgan fingerprint density at radius 1 is 1.37 bits per heavy atom. The lowest BCUT2D eigenvalue weighted by molar-refractivity contribution is 0.811. The molecule has 0 aliphatic heterocycles. The molecule has 19 heavy (non-hydrogen) atoms. The Labute approximate surface area is 122 Å². The van der Waals surface area contributed by atoms with E-state index in [1.54, 1.807) is 6.20 Å². The zero-order valence-electron chi connectivity index (χ0n) is 11.2. The smallest absolute Gasteiger partial charge is 0.0441 e. The highest BCUT2D eigenvalue weighted by atomic mass is 79.9. The molecule has 0 aliphatic rings. The van der Waals surface area contributed by atoms with Gasteiger partial charge < -0.3 is 10.6 Å². The monoisotopic (exact) mass is 319 g/mol. The van der Waals surface area contributed by atoms with E-state index >= 15 is 0 Å². The second kappa shape index (κ2) is 6.17. The normalized spacial score (nSPS) is 12.2. The van der Waals surface area contributed by atoms with Crippen molar-refractivity contribution in [3.63, 3.8) is 0 Å². The summed E-state index contributed by atoms with van der Waals surface area (Å²) < 4.78 is 1.05. The fourth-order valence-corrected chi connectivity index (χ4v) is 2.71. The summed E-state index contributed by atoms with van der Waals surface area (Å²) in [7, 11) is 2.07. The van der Waals surface area contributed by atoms with Crippen LogP contribution in [0.4, 0.5) is 5.69 Å². The van der Waals surface area contributed by atoms with Gasteiger partial charge >= 0.3 is 0 Å². The zero-order valence-corrected chi connectivity index (χ0v) is 12.8. The number of anilines is 1. The summed E-state index contributed by atoms with van der Waals surface area (Å²) in [5.74, 6) is 0. The van der Waals surface area contributed by atoms with Crippen molar-refractivity contribution in [2.45, 2.75) is 19.5 Å². The highest BCUT2D eigenvalue weighted by molar-refractivity contribution is 9.10. The first-order valence-corrected chi connectivity index (χ1v) is 7.02. The fourth-order valence-electron chi connectivity index (χ4n) is 1.98. The van der Waals surface area contributed by atoms with Crippen molar-refractivity contribution in [1.29, 1.82) is 0 Å². The second-order valence-corrected chi connectivity index (χ2v) is 5.57. The van der Waals surface area contributed by atoms with Crippen LogP contribution in [0, 0.1) is 0 Å². The first kappa shape index (κ1) is 14.0. The van der Waals surface area contributed by atoms with E-state index in [0.29, 0.717) is 0 Å². The standard InChI is InChI=1S/C15H18BrN3/c1-11(17)14-6-5-13(8-15(14)16)19(2)10-12-4-3-7-18-9-12/h3-9,11H,10,17H2,1-2H3/t11-/m1/s1. The van der Waals surface area contributed by atoms with Crippen molar-refractivity contribution in [1.82, 2.24) is 4.98 Å².